The van der Waals surface area contributed by atoms with Gasteiger partial charge in [-0.25, -0.2) is 9.97 Å². The number of nitrogens with zero attached hydrogens (tertiary/aromatic N) is 2. The third-order valence-electron chi connectivity index (χ3n) is 5.26. The highest BCUT2D eigenvalue weighted by Crippen LogP contribution is 2.30. The number of thioether (sulfide) groups is 1. The number of para-hydroxylation sites is 1. The van der Waals surface area contributed by atoms with Crippen LogP contribution in [0, 0.1) is 0 Å². The molecular formula is C22H32N4O2S. The van der Waals surface area contributed by atoms with Crippen molar-refractivity contribution >= 4 is 34.4 Å². The highest BCUT2D eigenvalue weighted by molar-refractivity contribution is 8.00. The SMILES string of the molecule is CC[C@H](Sc1nc(NC2CCCCC2)c2ccccc2n1)C(=O)NCCCOC. The summed E-state index contributed by atoms with van der Waals surface area (Å²) in [6.45, 7) is 3.29. The van der Waals surface area contributed by atoms with Crippen molar-refractivity contribution in [2.45, 2.75) is 68.3 Å². The second-order valence-electron chi connectivity index (χ2n) is 7.50. The lowest BCUT2D eigenvalue weighted by atomic mass is 9.95. The number of amides is 1. The molecule has 6 nitrogen and oxygen atoms in total. The lowest BCUT2D eigenvalue weighted by Crippen LogP contribution is -2.33. The maximum absolute atomic E-state index is 12.6. The van der Waals surface area contributed by atoms with E-state index in [0.717, 1.165) is 29.6 Å². The van der Waals surface area contributed by atoms with E-state index in [0.29, 0.717) is 24.3 Å². The number of fused-ring (bicyclic) bond motifs is 1. The number of nitrogens with one attached hydrogen (secondary N) is 2. The van der Waals surface area contributed by atoms with Gasteiger partial charge < -0.3 is 15.4 Å². The second kappa shape index (κ2) is 11.4. The van der Waals surface area contributed by atoms with Crippen LogP contribution in [0.3, 0.4) is 0 Å². The molecule has 2 aromatic rings. The Kier molecular flexibility index (Phi) is 8.55. The molecule has 1 atom stereocenters. The minimum absolute atomic E-state index is 0.0344. The fraction of sp³-hybridized carbons (Fsp3) is 0.591. The molecule has 1 aliphatic carbocycles. The molecule has 2 N–H and O–H groups in total. The Morgan fingerprint density at radius 3 is 2.79 bits per heavy atom. The first-order valence-corrected chi connectivity index (χ1v) is 11.6. The Labute approximate surface area is 177 Å². The van der Waals surface area contributed by atoms with Gasteiger partial charge >= 0.3 is 0 Å². The molecule has 0 unspecified atom stereocenters. The molecule has 1 saturated carbocycles. The summed E-state index contributed by atoms with van der Waals surface area (Å²) in [6, 6.07) is 8.56. The predicted molar refractivity (Wildman–Crippen MR) is 119 cm³/mol. The van der Waals surface area contributed by atoms with Crippen LogP contribution in [-0.4, -0.2) is 47.4 Å². The minimum atomic E-state index is -0.207. The minimum Gasteiger partial charge on any atom is -0.385 e. The molecule has 3 rings (SSSR count). The third-order valence-corrected chi connectivity index (χ3v) is 6.49. The molecule has 0 spiro atoms. The van der Waals surface area contributed by atoms with Crippen molar-refractivity contribution in [1.82, 2.24) is 15.3 Å². The zero-order valence-electron chi connectivity index (χ0n) is 17.4. The zero-order chi connectivity index (χ0) is 20.5. The van der Waals surface area contributed by atoms with Crippen LogP contribution in [0.15, 0.2) is 29.4 Å². The maximum atomic E-state index is 12.6. The molecule has 1 heterocycles. The van der Waals surface area contributed by atoms with Crippen molar-refractivity contribution < 1.29 is 9.53 Å². The van der Waals surface area contributed by atoms with Gasteiger partial charge in [0.15, 0.2) is 5.16 Å². The number of hydrogen-bond donors (Lipinski definition) is 2. The van der Waals surface area contributed by atoms with Gasteiger partial charge in [-0.05, 0) is 37.8 Å². The number of aromatic nitrogens is 2. The standard InChI is InChI=1S/C22H32N4O2S/c1-3-19(21(27)23-14-9-15-28-2)29-22-25-18-13-8-7-12-17(18)20(26-22)24-16-10-5-4-6-11-16/h7-8,12-13,16,19H,3-6,9-11,14-15H2,1-2H3,(H,23,27)(H,24,25,26)/t19-/m0/s1. The number of rotatable bonds is 10. The van der Waals surface area contributed by atoms with Crippen LogP contribution in [-0.2, 0) is 9.53 Å². The van der Waals surface area contributed by atoms with Crippen LogP contribution >= 0.6 is 11.8 Å². The smallest absolute Gasteiger partial charge is 0.233 e. The molecule has 7 heteroatoms. The van der Waals surface area contributed by atoms with Crippen molar-refractivity contribution in [2.24, 2.45) is 0 Å². The lowest BCUT2D eigenvalue weighted by Gasteiger charge is -2.24. The van der Waals surface area contributed by atoms with Crippen LogP contribution in [0.2, 0.25) is 0 Å². The second-order valence-corrected chi connectivity index (χ2v) is 8.67. The first-order valence-electron chi connectivity index (χ1n) is 10.7. The van der Waals surface area contributed by atoms with Crippen LogP contribution in [0.4, 0.5) is 5.82 Å². The van der Waals surface area contributed by atoms with E-state index in [1.54, 1.807) is 7.11 Å². The van der Waals surface area contributed by atoms with Crippen LogP contribution < -0.4 is 10.6 Å². The summed E-state index contributed by atoms with van der Waals surface area (Å²) in [7, 11) is 1.67. The van der Waals surface area contributed by atoms with Gasteiger partial charge in [-0.15, -0.1) is 0 Å². The Morgan fingerprint density at radius 1 is 1.24 bits per heavy atom. The first kappa shape index (κ1) is 21.8. The molecule has 0 radical (unpaired) electrons. The van der Waals surface area contributed by atoms with Gasteiger partial charge in [0.2, 0.25) is 5.91 Å². The van der Waals surface area contributed by atoms with Crippen LogP contribution in [0.5, 0.6) is 0 Å². The zero-order valence-corrected chi connectivity index (χ0v) is 18.3. The molecular weight excluding hydrogens is 384 g/mol. The van der Waals surface area contributed by atoms with Crippen molar-refractivity contribution in [3.8, 4) is 0 Å². The molecule has 1 aromatic carbocycles. The van der Waals surface area contributed by atoms with Crippen LogP contribution in [0.25, 0.3) is 10.9 Å². The fourth-order valence-corrected chi connectivity index (χ4v) is 4.56. The van der Waals surface area contributed by atoms with Crippen molar-refractivity contribution in [1.29, 1.82) is 0 Å². The van der Waals surface area contributed by atoms with E-state index in [2.05, 4.69) is 16.7 Å². The van der Waals surface area contributed by atoms with E-state index in [9.17, 15) is 4.79 Å². The largest absolute Gasteiger partial charge is 0.385 e. The maximum Gasteiger partial charge on any atom is 0.233 e. The summed E-state index contributed by atoms with van der Waals surface area (Å²) >= 11 is 1.45. The summed E-state index contributed by atoms with van der Waals surface area (Å²) in [4.78, 5) is 22.1. The number of carbonyl (C=O) groups is 1. The van der Waals surface area contributed by atoms with Gasteiger partial charge in [0.1, 0.15) is 5.82 Å². The van der Waals surface area contributed by atoms with E-state index in [1.807, 2.05) is 25.1 Å². The molecule has 1 amide bonds. The van der Waals surface area contributed by atoms with Crippen molar-refractivity contribution in [3.63, 3.8) is 0 Å². The normalized spacial score (nSPS) is 15.9. The molecule has 0 aliphatic heterocycles. The molecule has 1 fully saturated rings. The summed E-state index contributed by atoms with van der Waals surface area (Å²) in [5.74, 6) is 0.924. The van der Waals surface area contributed by atoms with Gasteiger partial charge in [0.25, 0.3) is 0 Å². The number of benzene rings is 1. The van der Waals surface area contributed by atoms with E-state index >= 15 is 0 Å². The number of ether oxygens (including phenoxy) is 1. The highest BCUT2D eigenvalue weighted by atomic mass is 32.2. The fourth-order valence-electron chi connectivity index (χ4n) is 3.65. The topological polar surface area (TPSA) is 76.1 Å². The molecule has 158 valence electrons. The Morgan fingerprint density at radius 2 is 2.03 bits per heavy atom. The molecule has 1 aliphatic rings. The number of methoxy groups -OCH3 is 1. The first-order chi connectivity index (χ1) is 14.2. The predicted octanol–water partition coefficient (Wildman–Crippen LogP) is 4.40. The molecule has 29 heavy (non-hydrogen) atoms. The number of hydrogen-bond acceptors (Lipinski definition) is 6. The molecule has 0 saturated heterocycles. The third kappa shape index (κ3) is 6.31. The van der Waals surface area contributed by atoms with Gasteiger partial charge in [-0.1, -0.05) is 50.1 Å². The lowest BCUT2D eigenvalue weighted by molar-refractivity contribution is -0.120. The highest BCUT2D eigenvalue weighted by Gasteiger charge is 2.21. The summed E-state index contributed by atoms with van der Waals surface area (Å²) < 4.78 is 5.04. The average molecular weight is 417 g/mol. The van der Waals surface area contributed by atoms with Crippen molar-refractivity contribution in [3.05, 3.63) is 24.3 Å². The quantitative estimate of drug-likeness (QED) is 0.340. The Bertz CT molecular complexity index is 795. The summed E-state index contributed by atoms with van der Waals surface area (Å²) in [5.41, 5.74) is 0.915. The van der Waals surface area contributed by atoms with E-state index < -0.39 is 0 Å². The van der Waals surface area contributed by atoms with Crippen molar-refractivity contribution in [2.75, 3.05) is 25.6 Å². The monoisotopic (exact) mass is 416 g/mol. The van der Waals surface area contributed by atoms with E-state index in [4.69, 9.17) is 14.7 Å². The average Bonchev–Trinajstić information content (AvgIpc) is 2.75. The summed E-state index contributed by atoms with van der Waals surface area (Å²) in [6.07, 6.45) is 7.76. The molecule has 0 bridgehead atoms. The Balaban J connectivity index is 1.74. The number of anilines is 1. The summed E-state index contributed by atoms with van der Waals surface area (Å²) in [5, 5.41) is 8.14. The van der Waals surface area contributed by atoms with Gasteiger partial charge in [0.05, 0.1) is 10.8 Å². The van der Waals surface area contributed by atoms with E-state index in [1.165, 1.54) is 43.9 Å². The van der Waals surface area contributed by atoms with Gasteiger partial charge in [-0.3, -0.25) is 4.79 Å². The van der Waals surface area contributed by atoms with Gasteiger partial charge in [0, 0.05) is 31.7 Å². The number of carbonyl (C=O) groups excluding carboxylic acids is 1. The Hall–Kier alpha value is -1.86. The molecule has 1 aromatic heterocycles. The van der Waals surface area contributed by atoms with Crippen LogP contribution in [0.1, 0.15) is 51.9 Å². The van der Waals surface area contributed by atoms with E-state index in [-0.39, 0.29) is 11.2 Å². The van der Waals surface area contributed by atoms with Gasteiger partial charge in [-0.2, -0.15) is 0 Å².